The van der Waals surface area contributed by atoms with Crippen LogP contribution in [0.15, 0.2) is 36.4 Å². The van der Waals surface area contributed by atoms with Crippen LogP contribution in [-0.2, 0) is 11.3 Å². The molecule has 5 heteroatoms. The summed E-state index contributed by atoms with van der Waals surface area (Å²) in [6.45, 7) is 1.43. The van der Waals surface area contributed by atoms with Crippen molar-refractivity contribution in [2.45, 2.75) is 25.4 Å². The van der Waals surface area contributed by atoms with Crippen molar-refractivity contribution >= 4 is 17.3 Å². The number of halogens is 1. The second-order valence-corrected chi connectivity index (χ2v) is 6.38. The van der Waals surface area contributed by atoms with Gasteiger partial charge in [0.15, 0.2) is 0 Å². The maximum atomic E-state index is 13.8. The van der Waals surface area contributed by atoms with Gasteiger partial charge in [-0.15, -0.1) is 11.3 Å². The molecule has 110 valence electrons. The van der Waals surface area contributed by atoms with Gasteiger partial charge in [-0.3, -0.25) is 9.69 Å². The highest BCUT2D eigenvalue weighted by molar-refractivity contribution is 7.15. The summed E-state index contributed by atoms with van der Waals surface area (Å²) in [7, 11) is 0. The van der Waals surface area contributed by atoms with Gasteiger partial charge in [0.25, 0.3) is 0 Å². The molecular weight excluding hydrogens is 289 g/mol. The number of rotatable bonds is 4. The maximum Gasteiger partial charge on any atom is 0.320 e. The van der Waals surface area contributed by atoms with E-state index in [9.17, 15) is 14.3 Å². The first-order chi connectivity index (χ1) is 10.1. The standard InChI is InChI=1S/C16H16FNO2S/c17-13-5-2-1-4-12(13)15-8-7-11(21-15)10-18-9-3-6-14(18)16(19)20/h1-2,4-5,7-8,14H,3,6,9-10H2,(H,19,20)/t14-/m1/s1. The summed E-state index contributed by atoms with van der Waals surface area (Å²) in [4.78, 5) is 15.1. The average molecular weight is 305 g/mol. The highest BCUT2D eigenvalue weighted by Gasteiger charge is 2.30. The number of aliphatic carboxylic acids is 1. The molecule has 1 aliphatic heterocycles. The van der Waals surface area contributed by atoms with Crippen molar-refractivity contribution in [3.05, 3.63) is 47.1 Å². The second kappa shape index (κ2) is 5.95. The van der Waals surface area contributed by atoms with Gasteiger partial charge in [0.1, 0.15) is 11.9 Å². The topological polar surface area (TPSA) is 40.5 Å². The smallest absolute Gasteiger partial charge is 0.320 e. The minimum absolute atomic E-state index is 0.226. The van der Waals surface area contributed by atoms with Crippen molar-refractivity contribution in [2.75, 3.05) is 6.54 Å². The molecule has 0 bridgehead atoms. The predicted molar refractivity (Wildman–Crippen MR) is 80.8 cm³/mol. The van der Waals surface area contributed by atoms with E-state index in [0.29, 0.717) is 18.5 Å². The Balaban J connectivity index is 1.77. The van der Waals surface area contributed by atoms with Gasteiger partial charge in [-0.1, -0.05) is 18.2 Å². The number of carboxylic acids is 1. The predicted octanol–water partition coefficient (Wildman–Crippen LogP) is 3.60. The lowest BCUT2D eigenvalue weighted by molar-refractivity contribution is -0.142. The van der Waals surface area contributed by atoms with E-state index in [1.54, 1.807) is 12.1 Å². The Morgan fingerprint density at radius 3 is 2.90 bits per heavy atom. The number of carboxylic acid groups (broad SMARTS) is 1. The number of carbonyl (C=O) groups is 1. The molecule has 2 aromatic rings. The number of nitrogens with zero attached hydrogens (tertiary/aromatic N) is 1. The van der Waals surface area contributed by atoms with E-state index in [1.807, 2.05) is 23.1 Å². The molecule has 3 rings (SSSR count). The summed E-state index contributed by atoms with van der Waals surface area (Å²) in [5.41, 5.74) is 0.602. The quantitative estimate of drug-likeness (QED) is 0.938. The number of hydrogen-bond acceptors (Lipinski definition) is 3. The first-order valence-corrected chi connectivity index (χ1v) is 7.77. The van der Waals surface area contributed by atoms with Gasteiger partial charge >= 0.3 is 5.97 Å². The van der Waals surface area contributed by atoms with E-state index in [1.165, 1.54) is 17.4 Å². The maximum absolute atomic E-state index is 13.8. The van der Waals surface area contributed by atoms with Crippen LogP contribution in [0.25, 0.3) is 10.4 Å². The van der Waals surface area contributed by atoms with Crippen LogP contribution in [0.3, 0.4) is 0 Å². The van der Waals surface area contributed by atoms with E-state index in [2.05, 4.69) is 0 Å². The molecule has 2 heterocycles. The summed E-state index contributed by atoms with van der Waals surface area (Å²) in [5.74, 6) is -0.978. The van der Waals surface area contributed by atoms with Crippen LogP contribution < -0.4 is 0 Å². The molecule has 0 amide bonds. The fraction of sp³-hybridized carbons (Fsp3) is 0.312. The number of benzene rings is 1. The molecule has 0 spiro atoms. The summed E-state index contributed by atoms with van der Waals surface area (Å²) in [5, 5.41) is 9.19. The Hall–Kier alpha value is -1.72. The highest BCUT2D eigenvalue weighted by Crippen LogP contribution is 2.31. The Morgan fingerprint density at radius 1 is 1.33 bits per heavy atom. The van der Waals surface area contributed by atoms with Crippen LogP contribution >= 0.6 is 11.3 Å². The Bertz CT molecular complexity index is 655. The first-order valence-electron chi connectivity index (χ1n) is 6.95. The van der Waals surface area contributed by atoms with Gasteiger partial charge < -0.3 is 5.11 Å². The summed E-state index contributed by atoms with van der Waals surface area (Å²) >= 11 is 1.53. The third kappa shape index (κ3) is 2.99. The molecule has 0 unspecified atom stereocenters. The van der Waals surface area contributed by atoms with Crippen LogP contribution in [0.4, 0.5) is 4.39 Å². The molecule has 0 saturated carbocycles. The number of hydrogen-bond donors (Lipinski definition) is 1. The number of thiophene rings is 1. The summed E-state index contributed by atoms with van der Waals surface area (Å²) in [6, 6.07) is 10.2. The van der Waals surface area contributed by atoms with E-state index >= 15 is 0 Å². The normalized spacial score (nSPS) is 19.0. The molecular formula is C16H16FNO2S. The zero-order valence-corrected chi connectivity index (χ0v) is 12.3. The molecule has 0 aliphatic carbocycles. The molecule has 1 saturated heterocycles. The molecule has 1 aromatic heterocycles. The van der Waals surface area contributed by atoms with Crippen LogP contribution in [0.2, 0.25) is 0 Å². The van der Waals surface area contributed by atoms with Crippen molar-refractivity contribution in [1.29, 1.82) is 0 Å². The minimum atomic E-state index is -0.751. The Morgan fingerprint density at radius 2 is 2.14 bits per heavy atom. The molecule has 21 heavy (non-hydrogen) atoms. The molecule has 1 aromatic carbocycles. The molecule has 0 radical (unpaired) electrons. The van der Waals surface area contributed by atoms with Gasteiger partial charge in [0, 0.05) is 21.9 Å². The largest absolute Gasteiger partial charge is 0.480 e. The van der Waals surface area contributed by atoms with Gasteiger partial charge in [0.2, 0.25) is 0 Å². The van der Waals surface area contributed by atoms with Crippen molar-refractivity contribution in [3.63, 3.8) is 0 Å². The summed E-state index contributed by atoms with van der Waals surface area (Å²) < 4.78 is 13.8. The molecule has 1 atom stereocenters. The minimum Gasteiger partial charge on any atom is -0.480 e. The van der Waals surface area contributed by atoms with Crippen LogP contribution in [-0.4, -0.2) is 28.6 Å². The third-order valence-electron chi connectivity index (χ3n) is 3.81. The van der Waals surface area contributed by atoms with Gasteiger partial charge in [-0.25, -0.2) is 4.39 Å². The van der Waals surface area contributed by atoms with E-state index in [0.717, 1.165) is 22.7 Å². The first kappa shape index (κ1) is 14.2. The van der Waals surface area contributed by atoms with E-state index < -0.39 is 5.97 Å². The molecule has 3 nitrogen and oxygen atoms in total. The molecule has 1 N–H and O–H groups in total. The lowest BCUT2D eigenvalue weighted by Gasteiger charge is -2.19. The lowest BCUT2D eigenvalue weighted by atomic mass is 10.2. The van der Waals surface area contributed by atoms with Crippen molar-refractivity contribution in [3.8, 4) is 10.4 Å². The SMILES string of the molecule is O=C(O)[C@H]1CCCN1Cc1ccc(-c2ccccc2F)s1. The monoisotopic (exact) mass is 305 g/mol. The fourth-order valence-electron chi connectivity index (χ4n) is 2.76. The molecule has 1 aliphatic rings. The van der Waals surface area contributed by atoms with Gasteiger partial charge in [-0.05, 0) is 37.6 Å². The number of likely N-dealkylation sites (tertiary alicyclic amines) is 1. The van der Waals surface area contributed by atoms with Crippen LogP contribution in [0, 0.1) is 5.82 Å². The van der Waals surface area contributed by atoms with Crippen molar-refractivity contribution in [2.24, 2.45) is 0 Å². The summed E-state index contributed by atoms with van der Waals surface area (Å²) in [6.07, 6.45) is 1.63. The van der Waals surface area contributed by atoms with E-state index in [-0.39, 0.29) is 11.9 Å². The Kier molecular flexibility index (Phi) is 4.03. The van der Waals surface area contributed by atoms with E-state index in [4.69, 9.17) is 0 Å². The average Bonchev–Trinajstić information content (AvgIpc) is 3.09. The van der Waals surface area contributed by atoms with Crippen LogP contribution in [0.1, 0.15) is 17.7 Å². The fourth-order valence-corrected chi connectivity index (χ4v) is 3.82. The third-order valence-corrected chi connectivity index (χ3v) is 4.91. The lowest BCUT2D eigenvalue weighted by Crippen LogP contribution is -2.35. The second-order valence-electron chi connectivity index (χ2n) is 5.21. The zero-order valence-electron chi connectivity index (χ0n) is 11.5. The Labute approximate surface area is 126 Å². The molecule has 1 fully saturated rings. The van der Waals surface area contributed by atoms with Gasteiger partial charge in [0.05, 0.1) is 0 Å². The van der Waals surface area contributed by atoms with Crippen LogP contribution in [0.5, 0.6) is 0 Å². The van der Waals surface area contributed by atoms with Crippen molar-refractivity contribution in [1.82, 2.24) is 4.90 Å². The highest BCUT2D eigenvalue weighted by atomic mass is 32.1. The van der Waals surface area contributed by atoms with Gasteiger partial charge in [-0.2, -0.15) is 0 Å². The zero-order chi connectivity index (χ0) is 14.8. The van der Waals surface area contributed by atoms with Crippen molar-refractivity contribution < 1.29 is 14.3 Å².